The van der Waals surface area contributed by atoms with Crippen LogP contribution < -0.4 is 10.6 Å². The fraction of sp³-hybridized carbons (Fsp3) is 0.167. The summed E-state index contributed by atoms with van der Waals surface area (Å²) >= 11 is 7.19. The maximum Gasteiger partial charge on any atom is 0.321 e. The van der Waals surface area contributed by atoms with Crippen molar-refractivity contribution in [1.29, 1.82) is 0 Å². The van der Waals surface area contributed by atoms with Crippen LogP contribution in [-0.4, -0.2) is 11.0 Å². The van der Waals surface area contributed by atoms with E-state index in [0.717, 1.165) is 5.56 Å². The van der Waals surface area contributed by atoms with Crippen LogP contribution in [0.2, 0.25) is 5.02 Å². The average Bonchev–Trinajstić information content (AvgIpc) is 2.82. The predicted molar refractivity (Wildman–Crippen MR) is 74.1 cm³/mol. The second-order valence-corrected chi connectivity index (χ2v) is 5.04. The third-order valence-electron chi connectivity index (χ3n) is 2.37. The van der Waals surface area contributed by atoms with Crippen LogP contribution in [0.1, 0.15) is 18.5 Å². The highest BCUT2D eigenvalue weighted by Crippen LogP contribution is 2.16. The van der Waals surface area contributed by atoms with Crippen molar-refractivity contribution < 1.29 is 4.79 Å². The van der Waals surface area contributed by atoms with Crippen LogP contribution in [0.15, 0.2) is 35.8 Å². The Kier molecular flexibility index (Phi) is 4.17. The number of halogens is 1. The van der Waals surface area contributed by atoms with Crippen LogP contribution in [0.25, 0.3) is 0 Å². The third kappa shape index (κ3) is 3.45. The molecule has 0 unspecified atom stereocenters. The summed E-state index contributed by atoms with van der Waals surface area (Å²) in [6, 6.07) is 7.00. The summed E-state index contributed by atoms with van der Waals surface area (Å²) in [6.07, 6.45) is 1.64. The third-order valence-corrected chi connectivity index (χ3v) is 3.31. The number of rotatable bonds is 3. The zero-order valence-electron chi connectivity index (χ0n) is 9.68. The van der Waals surface area contributed by atoms with Crippen LogP contribution in [0, 0.1) is 0 Å². The Morgan fingerprint density at radius 1 is 1.39 bits per heavy atom. The zero-order valence-corrected chi connectivity index (χ0v) is 11.3. The van der Waals surface area contributed by atoms with Crippen molar-refractivity contribution >= 4 is 34.1 Å². The molecule has 0 spiro atoms. The standard InChI is InChI=1S/C12H12ClN3OS/c1-8(9-2-4-10(13)5-3-9)15-11(17)16-12-14-6-7-18-12/h2-8H,1H3,(H2,14,15,16,17)/t8-/m0/s1. The maximum atomic E-state index is 11.7. The van der Waals surface area contributed by atoms with Crippen molar-refractivity contribution in [3.05, 3.63) is 46.4 Å². The summed E-state index contributed by atoms with van der Waals surface area (Å²) in [5.41, 5.74) is 0.994. The molecule has 2 rings (SSSR count). The zero-order chi connectivity index (χ0) is 13.0. The van der Waals surface area contributed by atoms with Crippen molar-refractivity contribution in [2.75, 3.05) is 5.32 Å². The first-order valence-electron chi connectivity index (χ1n) is 5.37. The molecule has 1 aromatic heterocycles. The molecule has 0 saturated heterocycles. The van der Waals surface area contributed by atoms with Crippen molar-refractivity contribution in [2.24, 2.45) is 0 Å². The van der Waals surface area contributed by atoms with E-state index in [1.165, 1.54) is 11.3 Å². The Balaban J connectivity index is 1.92. The first kappa shape index (κ1) is 12.9. The molecule has 2 amide bonds. The number of nitrogens with one attached hydrogen (secondary N) is 2. The van der Waals surface area contributed by atoms with Gasteiger partial charge in [-0.25, -0.2) is 9.78 Å². The molecule has 18 heavy (non-hydrogen) atoms. The number of hydrogen-bond acceptors (Lipinski definition) is 3. The SMILES string of the molecule is C[C@H](NC(=O)Nc1nccs1)c1ccc(Cl)cc1. The molecule has 1 heterocycles. The monoisotopic (exact) mass is 281 g/mol. The van der Waals surface area contributed by atoms with Gasteiger partial charge in [-0.05, 0) is 24.6 Å². The van der Waals surface area contributed by atoms with Gasteiger partial charge in [0.2, 0.25) is 0 Å². The van der Waals surface area contributed by atoms with Gasteiger partial charge in [-0.3, -0.25) is 5.32 Å². The number of carbonyl (C=O) groups excluding carboxylic acids is 1. The van der Waals surface area contributed by atoms with E-state index in [9.17, 15) is 4.79 Å². The van der Waals surface area contributed by atoms with E-state index in [1.807, 2.05) is 19.1 Å². The summed E-state index contributed by atoms with van der Waals surface area (Å²) < 4.78 is 0. The second-order valence-electron chi connectivity index (χ2n) is 3.71. The van der Waals surface area contributed by atoms with E-state index in [0.29, 0.717) is 10.2 Å². The molecule has 0 aliphatic rings. The van der Waals surface area contributed by atoms with E-state index in [2.05, 4.69) is 15.6 Å². The summed E-state index contributed by atoms with van der Waals surface area (Å²) in [5, 5.41) is 8.55. The molecule has 4 nitrogen and oxygen atoms in total. The Morgan fingerprint density at radius 2 is 2.11 bits per heavy atom. The van der Waals surface area contributed by atoms with Gasteiger partial charge >= 0.3 is 6.03 Å². The van der Waals surface area contributed by atoms with Gasteiger partial charge in [-0.2, -0.15) is 0 Å². The highest BCUT2D eigenvalue weighted by Gasteiger charge is 2.10. The molecule has 2 N–H and O–H groups in total. The first-order chi connectivity index (χ1) is 8.65. The second kappa shape index (κ2) is 5.84. The number of carbonyl (C=O) groups is 1. The van der Waals surface area contributed by atoms with Gasteiger partial charge in [-0.1, -0.05) is 23.7 Å². The molecule has 0 radical (unpaired) electrons. The van der Waals surface area contributed by atoms with E-state index in [4.69, 9.17) is 11.6 Å². The van der Waals surface area contributed by atoms with Gasteiger partial charge in [-0.15, -0.1) is 11.3 Å². The molecule has 0 saturated carbocycles. The fourth-order valence-electron chi connectivity index (χ4n) is 1.45. The van der Waals surface area contributed by atoms with Gasteiger partial charge in [0.15, 0.2) is 5.13 Å². The number of amides is 2. The van der Waals surface area contributed by atoms with E-state index < -0.39 is 0 Å². The number of anilines is 1. The molecule has 2 aromatic rings. The Bertz CT molecular complexity index is 513. The van der Waals surface area contributed by atoms with Crippen LogP contribution >= 0.6 is 22.9 Å². The minimum Gasteiger partial charge on any atom is -0.331 e. The summed E-state index contributed by atoms with van der Waals surface area (Å²) in [7, 11) is 0. The normalized spacial score (nSPS) is 11.9. The number of urea groups is 1. The van der Waals surface area contributed by atoms with Crippen LogP contribution in [0.3, 0.4) is 0 Å². The van der Waals surface area contributed by atoms with Crippen LogP contribution in [0.5, 0.6) is 0 Å². The number of nitrogens with zero attached hydrogens (tertiary/aromatic N) is 1. The quantitative estimate of drug-likeness (QED) is 0.902. The molecule has 1 atom stereocenters. The topological polar surface area (TPSA) is 54.0 Å². The van der Waals surface area contributed by atoms with Crippen molar-refractivity contribution in [3.8, 4) is 0 Å². The fourth-order valence-corrected chi connectivity index (χ4v) is 2.10. The number of aromatic nitrogens is 1. The van der Waals surface area contributed by atoms with Gasteiger partial charge in [0.1, 0.15) is 0 Å². The molecule has 1 aromatic carbocycles. The van der Waals surface area contributed by atoms with E-state index in [-0.39, 0.29) is 12.1 Å². The smallest absolute Gasteiger partial charge is 0.321 e. The summed E-state index contributed by atoms with van der Waals surface area (Å²) in [5.74, 6) is 0. The lowest BCUT2D eigenvalue weighted by molar-refractivity contribution is 0.249. The number of benzene rings is 1. The Morgan fingerprint density at radius 3 is 2.72 bits per heavy atom. The summed E-state index contributed by atoms with van der Waals surface area (Å²) in [6.45, 7) is 1.91. The molecular weight excluding hydrogens is 270 g/mol. The van der Waals surface area contributed by atoms with Crippen LogP contribution in [-0.2, 0) is 0 Å². The minimum absolute atomic E-state index is 0.0952. The number of hydrogen-bond donors (Lipinski definition) is 2. The molecule has 0 aliphatic carbocycles. The maximum absolute atomic E-state index is 11.7. The Labute approximate surface area is 114 Å². The minimum atomic E-state index is -0.271. The van der Waals surface area contributed by atoms with E-state index >= 15 is 0 Å². The highest BCUT2D eigenvalue weighted by atomic mass is 35.5. The molecule has 0 bridgehead atoms. The van der Waals surface area contributed by atoms with Crippen LogP contribution in [0.4, 0.5) is 9.93 Å². The molecule has 0 aliphatic heterocycles. The molecule has 94 valence electrons. The van der Waals surface area contributed by atoms with Crippen molar-refractivity contribution in [2.45, 2.75) is 13.0 Å². The lowest BCUT2D eigenvalue weighted by atomic mass is 10.1. The average molecular weight is 282 g/mol. The molecule has 6 heteroatoms. The van der Waals surface area contributed by atoms with Gasteiger partial charge < -0.3 is 5.32 Å². The van der Waals surface area contributed by atoms with Gasteiger partial charge in [0.05, 0.1) is 6.04 Å². The van der Waals surface area contributed by atoms with Gasteiger partial charge in [0.25, 0.3) is 0 Å². The predicted octanol–water partition coefficient (Wildman–Crippen LogP) is 3.68. The largest absolute Gasteiger partial charge is 0.331 e. The van der Waals surface area contributed by atoms with Crippen molar-refractivity contribution in [3.63, 3.8) is 0 Å². The Hall–Kier alpha value is -1.59. The lowest BCUT2D eigenvalue weighted by Crippen LogP contribution is -2.31. The van der Waals surface area contributed by atoms with E-state index in [1.54, 1.807) is 23.7 Å². The highest BCUT2D eigenvalue weighted by molar-refractivity contribution is 7.13. The van der Waals surface area contributed by atoms with Crippen molar-refractivity contribution in [1.82, 2.24) is 10.3 Å². The lowest BCUT2D eigenvalue weighted by Gasteiger charge is -2.14. The molecular formula is C12H12ClN3OS. The number of thiazole rings is 1. The molecule has 0 fully saturated rings. The first-order valence-corrected chi connectivity index (χ1v) is 6.63. The van der Waals surface area contributed by atoms with Gasteiger partial charge in [0, 0.05) is 16.6 Å². The summed E-state index contributed by atoms with van der Waals surface area (Å²) in [4.78, 5) is 15.7.